The smallest absolute Gasteiger partial charge is 0.487 e. The summed E-state index contributed by atoms with van der Waals surface area (Å²) in [5.74, 6) is 0.689. The summed E-state index contributed by atoms with van der Waals surface area (Å²) in [4.78, 5) is 20.0. The highest BCUT2D eigenvalue weighted by atomic mass is 32.2. The lowest BCUT2D eigenvalue weighted by molar-refractivity contribution is -0.274. The number of nitrogens with zero attached hydrogens (tertiary/aromatic N) is 2. The Labute approximate surface area is 260 Å². The zero-order valence-electron chi connectivity index (χ0n) is 25.5. The summed E-state index contributed by atoms with van der Waals surface area (Å²) < 4.78 is 58.5. The summed E-state index contributed by atoms with van der Waals surface area (Å²) >= 11 is 1.41. The minimum Gasteiger partial charge on any atom is -0.487 e. The third-order valence-electron chi connectivity index (χ3n) is 5.49. The van der Waals surface area contributed by atoms with Crippen LogP contribution in [0.5, 0.6) is 5.75 Å². The number of carboxylic acid groups (broad SMARTS) is 1. The van der Waals surface area contributed by atoms with Crippen molar-refractivity contribution in [3.8, 4) is 5.75 Å². The van der Waals surface area contributed by atoms with Crippen LogP contribution in [0.3, 0.4) is 0 Å². The Bertz CT molecular complexity index is 1310. The molecule has 1 aliphatic carbocycles. The molecule has 0 aromatic heterocycles. The number of hydrogen-bond donors (Lipinski definition) is 1. The van der Waals surface area contributed by atoms with E-state index in [1.807, 2.05) is 45.9 Å². The van der Waals surface area contributed by atoms with Gasteiger partial charge in [-0.1, -0.05) is 32.1 Å². The van der Waals surface area contributed by atoms with Gasteiger partial charge in [-0.15, -0.1) is 24.9 Å². The molecule has 1 aromatic carbocycles. The summed E-state index contributed by atoms with van der Waals surface area (Å²) in [5, 5.41) is 9.58. The molecule has 12 heteroatoms. The molecular weight excluding hydrogens is 597 g/mol. The molecule has 0 atom stereocenters. The molecule has 1 aliphatic heterocycles. The summed E-state index contributed by atoms with van der Waals surface area (Å²) in [5.41, 5.74) is 2.53. The second-order valence-corrected chi connectivity index (χ2v) is 10.5. The van der Waals surface area contributed by atoms with Crippen molar-refractivity contribution in [3.05, 3.63) is 88.8 Å². The number of hydrogen-bond acceptors (Lipinski definition) is 8. The van der Waals surface area contributed by atoms with Gasteiger partial charge in [0.15, 0.2) is 6.61 Å². The fourth-order valence-electron chi connectivity index (χ4n) is 3.60. The van der Waals surface area contributed by atoms with Gasteiger partial charge in [-0.3, -0.25) is 4.99 Å². The standard InChI is InChI=1S/C30H33F3N2O6S.C2H6/c1-20(2)40-27-12-9-22(13-14-34-27)16-35-28(42-19-23-7-10-24(11-8-23)41-30(31,32)33)17-38-25-5-4-6-26(21(3)15-25)39-18-29(36)37;1-2/h5-12,14-15,20H,4,13,16-19H2,1-3H3,(H,36,37);1-2H3. The Morgan fingerprint density at radius 1 is 1.09 bits per heavy atom. The van der Waals surface area contributed by atoms with E-state index in [2.05, 4.69) is 9.73 Å². The van der Waals surface area contributed by atoms with E-state index in [0.717, 1.165) is 16.7 Å². The fraction of sp³-hybridized carbons (Fsp3) is 0.406. The monoisotopic (exact) mass is 636 g/mol. The van der Waals surface area contributed by atoms with Crippen molar-refractivity contribution >= 4 is 29.0 Å². The number of carbonyl (C=O) groups is 1. The zero-order chi connectivity index (χ0) is 32.5. The minimum atomic E-state index is -4.75. The molecule has 0 bridgehead atoms. The number of alkyl halides is 3. The Hall–Kier alpha value is -3.93. The van der Waals surface area contributed by atoms with Gasteiger partial charge < -0.3 is 24.1 Å². The molecule has 0 spiro atoms. The quantitative estimate of drug-likeness (QED) is 0.172. The average molecular weight is 637 g/mol. The second-order valence-electron chi connectivity index (χ2n) is 9.41. The predicted molar refractivity (Wildman–Crippen MR) is 168 cm³/mol. The summed E-state index contributed by atoms with van der Waals surface area (Å²) in [6.45, 7) is 9.76. The third-order valence-corrected chi connectivity index (χ3v) is 6.55. The number of allylic oxidation sites excluding steroid dienone is 6. The number of thioether (sulfide) groups is 1. The molecule has 0 fully saturated rings. The molecule has 3 rings (SSSR count). The van der Waals surface area contributed by atoms with Crippen LogP contribution in [0.2, 0.25) is 0 Å². The van der Waals surface area contributed by atoms with Crippen LogP contribution < -0.4 is 4.74 Å². The van der Waals surface area contributed by atoms with E-state index in [1.165, 1.54) is 23.9 Å². The molecule has 2 aliphatic rings. The molecule has 0 saturated carbocycles. The van der Waals surface area contributed by atoms with Crippen molar-refractivity contribution in [2.24, 2.45) is 9.98 Å². The van der Waals surface area contributed by atoms with Crippen molar-refractivity contribution in [1.82, 2.24) is 0 Å². The van der Waals surface area contributed by atoms with E-state index in [-0.39, 0.29) is 18.5 Å². The van der Waals surface area contributed by atoms with Gasteiger partial charge in [-0.2, -0.15) is 0 Å². The molecule has 0 radical (unpaired) electrons. The normalized spacial score (nSPS) is 15.3. The maximum atomic E-state index is 12.5. The summed E-state index contributed by atoms with van der Waals surface area (Å²) in [6.07, 6.45) is 7.27. The van der Waals surface area contributed by atoms with E-state index < -0.39 is 18.9 Å². The lowest BCUT2D eigenvalue weighted by Crippen LogP contribution is -2.17. The molecule has 240 valence electrons. The average Bonchev–Trinajstić information content (AvgIpc) is 3.29. The van der Waals surface area contributed by atoms with Crippen molar-refractivity contribution in [2.75, 3.05) is 19.8 Å². The zero-order valence-corrected chi connectivity index (χ0v) is 26.3. The van der Waals surface area contributed by atoms with E-state index >= 15 is 0 Å². The number of aliphatic carboxylic acids is 1. The Kier molecular flexibility index (Phi) is 15.4. The predicted octanol–water partition coefficient (Wildman–Crippen LogP) is 8.15. The number of rotatable bonds is 13. The SMILES string of the molecule is CC.CC1=CC(OCC(=NCC2=CC=C(OC(C)C)N=CC2)SCc2ccc(OC(F)(F)F)cc2)=CCC=C1OCC(=O)O. The Morgan fingerprint density at radius 2 is 1.82 bits per heavy atom. The molecule has 0 amide bonds. The van der Waals surface area contributed by atoms with Crippen LogP contribution in [0, 0.1) is 0 Å². The second kappa shape index (κ2) is 18.7. The van der Waals surface area contributed by atoms with Gasteiger partial charge >= 0.3 is 12.3 Å². The van der Waals surface area contributed by atoms with Crippen molar-refractivity contribution in [2.45, 2.75) is 65.7 Å². The molecule has 44 heavy (non-hydrogen) atoms. The molecular formula is C32H39F3N2O6S. The number of ether oxygens (including phenoxy) is 4. The van der Waals surface area contributed by atoms with E-state index in [9.17, 15) is 18.0 Å². The van der Waals surface area contributed by atoms with Gasteiger partial charge in [-0.05, 0) is 74.3 Å². The van der Waals surface area contributed by atoms with Gasteiger partial charge in [0, 0.05) is 24.5 Å². The van der Waals surface area contributed by atoms with Crippen LogP contribution in [0.15, 0.2) is 93.2 Å². The first-order chi connectivity index (χ1) is 21.0. The third kappa shape index (κ3) is 14.5. The van der Waals surface area contributed by atoms with Crippen molar-refractivity contribution in [1.29, 1.82) is 0 Å². The maximum Gasteiger partial charge on any atom is 0.573 e. The van der Waals surface area contributed by atoms with E-state index in [0.29, 0.717) is 47.6 Å². The van der Waals surface area contributed by atoms with Gasteiger partial charge in [0.1, 0.15) is 28.9 Å². The molecule has 8 nitrogen and oxygen atoms in total. The van der Waals surface area contributed by atoms with Gasteiger partial charge in [0.25, 0.3) is 0 Å². The summed E-state index contributed by atoms with van der Waals surface area (Å²) in [7, 11) is 0. The topological polar surface area (TPSA) is 98.9 Å². The first-order valence-electron chi connectivity index (χ1n) is 14.1. The Morgan fingerprint density at radius 3 is 2.48 bits per heavy atom. The van der Waals surface area contributed by atoms with Crippen LogP contribution in [0.4, 0.5) is 13.2 Å². The highest BCUT2D eigenvalue weighted by Gasteiger charge is 2.31. The molecule has 1 aromatic rings. The van der Waals surface area contributed by atoms with Crippen LogP contribution >= 0.6 is 11.8 Å². The van der Waals surface area contributed by atoms with Crippen LogP contribution in [-0.4, -0.2) is 54.6 Å². The van der Waals surface area contributed by atoms with Crippen molar-refractivity contribution in [3.63, 3.8) is 0 Å². The maximum absolute atomic E-state index is 12.5. The largest absolute Gasteiger partial charge is 0.573 e. The van der Waals surface area contributed by atoms with Gasteiger partial charge in [-0.25, -0.2) is 9.79 Å². The molecule has 0 unspecified atom stereocenters. The lowest BCUT2D eigenvalue weighted by atomic mass is 10.2. The first kappa shape index (κ1) is 36.3. The van der Waals surface area contributed by atoms with Crippen molar-refractivity contribution < 1.29 is 42.0 Å². The highest BCUT2D eigenvalue weighted by Crippen LogP contribution is 2.25. The Balaban J connectivity index is 0.00000330. The lowest BCUT2D eigenvalue weighted by Gasteiger charge is -2.12. The number of halogens is 3. The highest BCUT2D eigenvalue weighted by molar-refractivity contribution is 8.13. The van der Waals surface area contributed by atoms with Crippen LogP contribution in [-0.2, 0) is 24.8 Å². The number of benzene rings is 1. The summed E-state index contributed by atoms with van der Waals surface area (Å²) in [6, 6.07) is 5.69. The number of carboxylic acids is 1. The van der Waals surface area contributed by atoms with Gasteiger partial charge in [0.05, 0.1) is 12.6 Å². The molecule has 1 heterocycles. The molecule has 0 saturated heterocycles. The first-order valence-corrected chi connectivity index (χ1v) is 15.1. The number of aliphatic imine (C=N–C) groups is 2. The van der Waals surface area contributed by atoms with Gasteiger partial charge in [0.2, 0.25) is 5.88 Å². The van der Waals surface area contributed by atoms with E-state index in [1.54, 1.807) is 37.4 Å². The van der Waals surface area contributed by atoms with Crippen LogP contribution in [0.1, 0.15) is 53.0 Å². The molecule has 1 N–H and O–H groups in total. The van der Waals surface area contributed by atoms with Crippen LogP contribution in [0.25, 0.3) is 0 Å². The minimum absolute atomic E-state index is 0.00148. The van der Waals surface area contributed by atoms with E-state index in [4.69, 9.17) is 24.3 Å². The fourth-order valence-corrected chi connectivity index (χ4v) is 4.43.